The highest BCUT2D eigenvalue weighted by Crippen LogP contribution is 2.25. The van der Waals surface area contributed by atoms with Crippen LogP contribution in [-0.4, -0.2) is 20.7 Å². The minimum atomic E-state index is -0.290. The van der Waals surface area contributed by atoms with Crippen LogP contribution in [0.1, 0.15) is 45.3 Å². The summed E-state index contributed by atoms with van der Waals surface area (Å²) in [4.78, 5) is 18.3. The van der Waals surface area contributed by atoms with Gasteiger partial charge in [-0.15, -0.1) is 23.1 Å². The van der Waals surface area contributed by atoms with Crippen molar-refractivity contribution in [2.45, 2.75) is 37.5 Å². The number of thiazole rings is 1. The summed E-state index contributed by atoms with van der Waals surface area (Å²) in [6.45, 7) is 5.86. The number of amides is 1. The summed E-state index contributed by atoms with van der Waals surface area (Å²) in [5.41, 5.74) is 4.26. The molecule has 5 nitrogen and oxygen atoms in total. The molecular weight excluding hydrogens is 443 g/mol. The molecule has 0 bridgehead atoms. The molecule has 0 saturated heterocycles. The number of aromatic nitrogens is 3. The Bertz CT molecular complexity index is 1220. The van der Waals surface area contributed by atoms with Crippen LogP contribution >= 0.6 is 23.1 Å². The first-order valence-corrected chi connectivity index (χ1v) is 12.0. The third-order valence-corrected chi connectivity index (χ3v) is 6.97. The topological polar surface area (TPSA) is 59.8 Å². The molecule has 8 heteroatoms. The fraction of sp³-hybridized carbons (Fsp3) is 0.208. The maximum absolute atomic E-state index is 13.2. The average Bonchev–Trinajstić information content (AvgIpc) is 3.38. The molecule has 164 valence electrons. The number of rotatable bonds is 7. The highest BCUT2D eigenvalue weighted by atomic mass is 32.2. The predicted molar refractivity (Wildman–Crippen MR) is 127 cm³/mol. The zero-order valence-corrected chi connectivity index (χ0v) is 19.6. The smallest absolute Gasteiger partial charge is 0.251 e. The Morgan fingerprint density at radius 2 is 1.88 bits per heavy atom. The summed E-state index contributed by atoms with van der Waals surface area (Å²) in [5, 5.41) is 10.6. The van der Waals surface area contributed by atoms with Crippen LogP contribution in [0.2, 0.25) is 0 Å². The van der Waals surface area contributed by atoms with Crippen LogP contribution in [0.4, 0.5) is 4.39 Å². The van der Waals surface area contributed by atoms with Crippen LogP contribution in [0.3, 0.4) is 0 Å². The summed E-state index contributed by atoms with van der Waals surface area (Å²) in [6.07, 6.45) is 1.74. The van der Waals surface area contributed by atoms with Crippen molar-refractivity contribution in [3.8, 4) is 5.69 Å². The lowest BCUT2D eigenvalue weighted by atomic mass is 10.1. The second-order valence-corrected chi connectivity index (χ2v) is 9.55. The van der Waals surface area contributed by atoms with Crippen molar-refractivity contribution in [2.24, 2.45) is 0 Å². The lowest BCUT2D eigenvalue weighted by Gasteiger charge is -2.14. The van der Waals surface area contributed by atoms with Gasteiger partial charge < -0.3 is 5.32 Å². The number of aryl methyl sites for hydroxylation is 1. The highest BCUT2D eigenvalue weighted by molar-refractivity contribution is 7.98. The maximum Gasteiger partial charge on any atom is 0.251 e. The molecule has 32 heavy (non-hydrogen) atoms. The maximum atomic E-state index is 13.2. The Morgan fingerprint density at radius 3 is 2.53 bits per heavy atom. The molecule has 0 fully saturated rings. The van der Waals surface area contributed by atoms with E-state index in [-0.39, 0.29) is 17.8 Å². The second kappa shape index (κ2) is 9.67. The van der Waals surface area contributed by atoms with Crippen LogP contribution in [0.5, 0.6) is 0 Å². The molecule has 0 aliphatic rings. The van der Waals surface area contributed by atoms with Gasteiger partial charge in [0, 0.05) is 32.8 Å². The molecule has 1 unspecified atom stereocenters. The van der Waals surface area contributed by atoms with Crippen molar-refractivity contribution in [3.63, 3.8) is 0 Å². The molecule has 1 amide bonds. The molecule has 1 atom stereocenters. The number of hydrogen-bond donors (Lipinski definition) is 1. The molecule has 0 saturated carbocycles. The standard InChI is InChI=1S/C24H23FN4OS2/c1-15(23-12-26-29(16(23)2)21-8-6-19(25)7-9-21)27-24(30)18-4-10-22(11-5-18)32-14-20-13-31-17(3)28-20/h4-13,15H,14H2,1-3H3,(H,27,30). The van der Waals surface area contributed by atoms with E-state index in [1.165, 1.54) is 12.1 Å². The number of nitrogens with one attached hydrogen (secondary N) is 1. The number of carbonyl (C=O) groups is 1. The Kier molecular flexibility index (Phi) is 6.72. The van der Waals surface area contributed by atoms with E-state index in [9.17, 15) is 9.18 Å². The molecular formula is C24H23FN4OS2. The SMILES string of the molecule is Cc1nc(CSc2ccc(C(=O)NC(C)c3cnn(-c4ccc(F)cc4)c3C)cc2)cs1. The van der Waals surface area contributed by atoms with Crippen LogP contribution < -0.4 is 5.32 Å². The molecule has 0 aliphatic carbocycles. The van der Waals surface area contributed by atoms with E-state index in [4.69, 9.17) is 0 Å². The Morgan fingerprint density at radius 1 is 1.16 bits per heavy atom. The van der Waals surface area contributed by atoms with E-state index in [0.29, 0.717) is 5.56 Å². The van der Waals surface area contributed by atoms with Gasteiger partial charge in [0.15, 0.2) is 0 Å². The normalized spacial score (nSPS) is 12.0. The van der Waals surface area contributed by atoms with Crippen molar-refractivity contribution in [1.29, 1.82) is 0 Å². The van der Waals surface area contributed by atoms with Crippen molar-refractivity contribution in [1.82, 2.24) is 20.1 Å². The van der Waals surface area contributed by atoms with E-state index in [2.05, 4.69) is 20.8 Å². The second-order valence-electron chi connectivity index (χ2n) is 7.44. The number of nitrogens with zero attached hydrogens (tertiary/aromatic N) is 3. The number of thioether (sulfide) groups is 1. The largest absolute Gasteiger partial charge is 0.345 e. The van der Waals surface area contributed by atoms with Gasteiger partial charge in [0.2, 0.25) is 0 Å². The van der Waals surface area contributed by atoms with Gasteiger partial charge in [-0.25, -0.2) is 14.1 Å². The molecule has 1 N–H and O–H groups in total. The first-order chi connectivity index (χ1) is 15.4. The Labute approximate surface area is 194 Å². The first kappa shape index (κ1) is 22.2. The predicted octanol–water partition coefficient (Wildman–Crippen LogP) is 5.87. The van der Waals surface area contributed by atoms with Crippen molar-refractivity contribution in [2.75, 3.05) is 0 Å². The van der Waals surface area contributed by atoms with Crippen molar-refractivity contribution in [3.05, 3.63) is 93.4 Å². The van der Waals surface area contributed by atoms with E-state index < -0.39 is 0 Å². The van der Waals surface area contributed by atoms with E-state index in [1.54, 1.807) is 46.1 Å². The van der Waals surface area contributed by atoms with Crippen LogP contribution in [0.15, 0.2) is 65.0 Å². The van der Waals surface area contributed by atoms with Gasteiger partial charge in [-0.05, 0) is 69.3 Å². The molecule has 2 heterocycles. The number of benzene rings is 2. The van der Waals surface area contributed by atoms with Crippen molar-refractivity contribution < 1.29 is 9.18 Å². The Hall–Kier alpha value is -2.97. The quantitative estimate of drug-likeness (QED) is 0.346. The van der Waals surface area contributed by atoms with E-state index >= 15 is 0 Å². The van der Waals surface area contributed by atoms with Crippen LogP contribution in [0, 0.1) is 19.7 Å². The van der Waals surface area contributed by atoms with Crippen molar-refractivity contribution >= 4 is 29.0 Å². The molecule has 4 rings (SSSR count). The summed E-state index contributed by atoms with van der Waals surface area (Å²) in [7, 11) is 0. The first-order valence-electron chi connectivity index (χ1n) is 10.2. The molecule has 2 aromatic heterocycles. The fourth-order valence-electron chi connectivity index (χ4n) is 3.38. The van der Waals surface area contributed by atoms with Crippen LogP contribution in [0.25, 0.3) is 5.69 Å². The minimum Gasteiger partial charge on any atom is -0.345 e. The van der Waals surface area contributed by atoms with E-state index in [0.717, 1.165) is 38.3 Å². The lowest BCUT2D eigenvalue weighted by molar-refractivity contribution is 0.0939. The third-order valence-electron chi connectivity index (χ3n) is 5.10. The van der Waals surface area contributed by atoms with Gasteiger partial charge in [-0.3, -0.25) is 4.79 Å². The minimum absolute atomic E-state index is 0.141. The van der Waals surface area contributed by atoms with Gasteiger partial charge in [0.05, 0.1) is 28.6 Å². The molecule has 4 aromatic rings. The van der Waals surface area contributed by atoms with Gasteiger partial charge in [-0.2, -0.15) is 5.10 Å². The summed E-state index contributed by atoms with van der Waals surface area (Å²) in [5.74, 6) is 0.379. The zero-order chi connectivity index (χ0) is 22.7. The number of carbonyl (C=O) groups excluding carboxylic acids is 1. The molecule has 2 aromatic carbocycles. The highest BCUT2D eigenvalue weighted by Gasteiger charge is 2.17. The number of hydrogen-bond acceptors (Lipinski definition) is 5. The summed E-state index contributed by atoms with van der Waals surface area (Å²) < 4.78 is 15.0. The molecule has 0 aliphatic heterocycles. The molecule has 0 radical (unpaired) electrons. The summed E-state index contributed by atoms with van der Waals surface area (Å²) in [6, 6.07) is 13.5. The monoisotopic (exact) mass is 466 g/mol. The number of halogens is 1. The summed E-state index contributed by atoms with van der Waals surface area (Å²) >= 11 is 3.35. The average molecular weight is 467 g/mol. The van der Waals surface area contributed by atoms with E-state index in [1.807, 2.05) is 45.0 Å². The van der Waals surface area contributed by atoms with Gasteiger partial charge >= 0.3 is 0 Å². The van der Waals surface area contributed by atoms with Gasteiger partial charge in [-0.1, -0.05) is 0 Å². The Balaban J connectivity index is 1.38. The zero-order valence-electron chi connectivity index (χ0n) is 18.0. The fourth-order valence-corrected chi connectivity index (χ4v) is 4.89. The lowest BCUT2D eigenvalue weighted by Crippen LogP contribution is -2.26. The van der Waals surface area contributed by atoms with Gasteiger partial charge in [0.1, 0.15) is 5.82 Å². The van der Waals surface area contributed by atoms with Crippen LogP contribution in [-0.2, 0) is 5.75 Å². The molecule has 0 spiro atoms. The third kappa shape index (κ3) is 5.08. The van der Waals surface area contributed by atoms with Gasteiger partial charge in [0.25, 0.3) is 5.91 Å².